The lowest BCUT2D eigenvalue weighted by molar-refractivity contribution is 0.0442. The van der Waals surface area contributed by atoms with Gasteiger partial charge in [-0.25, -0.2) is 4.39 Å². The Bertz CT molecular complexity index is 64.9. The van der Waals surface area contributed by atoms with Crippen LogP contribution in [0.2, 0.25) is 0 Å². The normalized spacial score (nSPS) is 39.8. The van der Waals surface area contributed by atoms with Crippen molar-refractivity contribution in [1.82, 2.24) is 0 Å². The molecule has 0 aromatic carbocycles. The molecule has 0 spiro atoms. The summed E-state index contributed by atoms with van der Waals surface area (Å²) in [4.78, 5) is 0. The van der Waals surface area contributed by atoms with Crippen molar-refractivity contribution < 1.29 is 9.50 Å². The molecular weight excluding hydrogens is 107 g/mol. The summed E-state index contributed by atoms with van der Waals surface area (Å²) < 4.78 is 12.3. The lowest BCUT2D eigenvalue weighted by Crippen LogP contribution is -2.25. The summed E-state index contributed by atoms with van der Waals surface area (Å²) in [6.07, 6.45) is 1.54. The van der Waals surface area contributed by atoms with E-state index in [0.29, 0.717) is 12.8 Å². The second kappa shape index (κ2) is 2.44. The molecule has 0 amide bonds. The Morgan fingerprint density at radius 3 is 2.25 bits per heavy atom. The van der Waals surface area contributed by atoms with E-state index in [4.69, 9.17) is 5.11 Å². The molecule has 8 heavy (non-hydrogen) atoms. The van der Waals surface area contributed by atoms with Gasteiger partial charge in [0.1, 0.15) is 6.17 Å². The SMILES string of the molecule is O[C@@H]1CCCCC1F. The summed E-state index contributed by atoms with van der Waals surface area (Å²) in [6, 6.07) is 0. The van der Waals surface area contributed by atoms with Crippen molar-refractivity contribution in [2.24, 2.45) is 0 Å². The van der Waals surface area contributed by atoms with Gasteiger partial charge in [-0.15, -0.1) is 0 Å². The number of aliphatic hydroxyl groups excluding tert-OH is 1. The first kappa shape index (κ1) is 6.02. The molecule has 0 aromatic rings. The van der Waals surface area contributed by atoms with Crippen LogP contribution in [-0.4, -0.2) is 17.4 Å². The quantitative estimate of drug-likeness (QED) is 0.507. The van der Waals surface area contributed by atoms with Gasteiger partial charge in [0.25, 0.3) is 0 Å². The molecule has 0 radical (unpaired) electrons. The van der Waals surface area contributed by atoms with E-state index in [2.05, 4.69) is 0 Å². The number of hydrogen-bond acceptors (Lipinski definition) is 1. The van der Waals surface area contributed by atoms with E-state index in [0.717, 1.165) is 12.8 Å². The van der Waals surface area contributed by atoms with E-state index >= 15 is 0 Å². The van der Waals surface area contributed by atoms with Crippen molar-refractivity contribution >= 4 is 0 Å². The predicted molar refractivity (Wildman–Crippen MR) is 29.4 cm³/mol. The Morgan fingerprint density at radius 1 is 1.25 bits per heavy atom. The zero-order valence-electron chi connectivity index (χ0n) is 4.81. The Labute approximate surface area is 48.5 Å². The molecule has 0 saturated heterocycles. The van der Waals surface area contributed by atoms with Crippen molar-refractivity contribution in [2.75, 3.05) is 0 Å². The molecule has 1 aliphatic rings. The Hall–Kier alpha value is -0.110. The van der Waals surface area contributed by atoms with Crippen LogP contribution < -0.4 is 0 Å². The maximum absolute atomic E-state index is 12.3. The van der Waals surface area contributed by atoms with Gasteiger partial charge in [0.05, 0.1) is 6.10 Å². The van der Waals surface area contributed by atoms with Gasteiger partial charge in [-0.05, 0) is 12.8 Å². The van der Waals surface area contributed by atoms with Gasteiger partial charge in [-0.3, -0.25) is 0 Å². The van der Waals surface area contributed by atoms with Crippen molar-refractivity contribution in [3.8, 4) is 0 Å². The van der Waals surface area contributed by atoms with E-state index in [1.807, 2.05) is 0 Å². The standard InChI is InChI=1S/C6H11FO/c7-5-3-1-2-4-6(5)8/h5-6,8H,1-4H2/t5?,6-/m1/s1. The third-order valence-electron chi connectivity index (χ3n) is 1.65. The van der Waals surface area contributed by atoms with Crippen LogP contribution in [0.5, 0.6) is 0 Å². The van der Waals surface area contributed by atoms with Crippen LogP contribution in [0.3, 0.4) is 0 Å². The van der Waals surface area contributed by atoms with Crippen LogP contribution in [0, 0.1) is 0 Å². The molecule has 1 aliphatic carbocycles. The Morgan fingerprint density at radius 2 is 1.88 bits per heavy atom. The Kier molecular flexibility index (Phi) is 1.84. The number of alkyl halides is 1. The lowest BCUT2D eigenvalue weighted by atomic mass is 9.96. The van der Waals surface area contributed by atoms with Gasteiger partial charge >= 0.3 is 0 Å². The van der Waals surface area contributed by atoms with Crippen molar-refractivity contribution in [2.45, 2.75) is 38.0 Å². The number of halogens is 1. The summed E-state index contributed by atoms with van der Waals surface area (Å²) in [5.74, 6) is 0. The monoisotopic (exact) mass is 118 g/mol. The smallest absolute Gasteiger partial charge is 0.126 e. The summed E-state index contributed by atoms with van der Waals surface area (Å²) in [5.41, 5.74) is 0. The highest BCUT2D eigenvalue weighted by Crippen LogP contribution is 2.20. The van der Waals surface area contributed by atoms with Crippen LogP contribution >= 0.6 is 0 Å². The highest BCUT2D eigenvalue weighted by Gasteiger charge is 2.21. The minimum Gasteiger partial charge on any atom is -0.390 e. The molecule has 1 unspecified atom stereocenters. The second-order valence-corrected chi connectivity index (χ2v) is 2.37. The molecule has 0 aromatic heterocycles. The maximum Gasteiger partial charge on any atom is 0.126 e. The van der Waals surface area contributed by atoms with Crippen LogP contribution in [-0.2, 0) is 0 Å². The van der Waals surface area contributed by atoms with Crippen molar-refractivity contribution in [3.05, 3.63) is 0 Å². The van der Waals surface area contributed by atoms with Gasteiger partial charge in [-0.2, -0.15) is 0 Å². The van der Waals surface area contributed by atoms with Gasteiger partial charge < -0.3 is 5.11 Å². The first-order chi connectivity index (χ1) is 3.80. The molecule has 0 heterocycles. The van der Waals surface area contributed by atoms with Crippen molar-refractivity contribution in [3.63, 3.8) is 0 Å². The molecule has 1 saturated carbocycles. The molecule has 0 bridgehead atoms. The zero-order chi connectivity index (χ0) is 5.98. The molecule has 1 N–H and O–H groups in total. The minimum absolute atomic E-state index is 0.557. The molecule has 1 rings (SSSR count). The molecule has 48 valence electrons. The highest BCUT2D eigenvalue weighted by atomic mass is 19.1. The summed E-state index contributed by atoms with van der Waals surface area (Å²) >= 11 is 0. The summed E-state index contributed by atoms with van der Waals surface area (Å²) in [6.45, 7) is 0. The van der Waals surface area contributed by atoms with Gasteiger partial charge in [0, 0.05) is 0 Å². The lowest BCUT2D eigenvalue weighted by Gasteiger charge is -2.20. The number of rotatable bonds is 0. The molecule has 1 nitrogen and oxygen atoms in total. The average Bonchev–Trinajstić information content (AvgIpc) is 1.77. The van der Waals surface area contributed by atoms with E-state index in [9.17, 15) is 4.39 Å². The van der Waals surface area contributed by atoms with E-state index < -0.39 is 12.3 Å². The zero-order valence-corrected chi connectivity index (χ0v) is 4.81. The summed E-state index contributed by atoms with van der Waals surface area (Å²) in [7, 11) is 0. The summed E-state index contributed by atoms with van der Waals surface area (Å²) in [5, 5.41) is 8.80. The molecule has 2 heteroatoms. The maximum atomic E-state index is 12.3. The fourth-order valence-electron chi connectivity index (χ4n) is 1.07. The van der Waals surface area contributed by atoms with Gasteiger partial charge in [0.2, 0.25) is 0 Å². The Balaban J connectivity index is 2.28. The third kappa shape index (κ3) is 1.19. The highest BCUT2D eigenvalue weighted by molar-refractivity contribution is 4.72. The number of hydrogen-bond donors (Lipinski definition) is 1. The minimum atomic E-state index is -0.941. The first-order valence-corrected chi connectivity index (χ1v) is 3.13. The van der Waals surface area contributed by atoms with Crippen LogP contribution in [0.15, 0.2) is 0 Å². The average molecular weight is 118 g/mol. The van der Waals surface area contributed by atoms with Gasteiger partial charge in [-0.1, -0.05) is 12.8 Å². The van der Waals surface area contributed by atoms with E-state index in [-0.39, 0.29) is 0 Å². The van der Waals surface area contributed by atoms with Crippen molar-refractivity contribution in [1.29, 1.82) is 0 Å². The molecule has 0 aliphatic heterocycles. The van der Waals surface area contributed by atoms with Crippen LogP contribution in [0.25, 0.3) is 0 Å². The van der Waals surface area contributed by atoms with E-state index in [1.54, 1.807) is 0 Å². The predicted octanol–water partition coefficient (Wildman–Crippen LogP) is 1.26. The van der Waals surface area contributed by atoms with E-state index in [1.165, 1.54) is 0 Å². The van der Waals surface area contributed by atoms with Crippen LogP contribution in [0.1, 0.15) is 25.7 Å². The van der Waals surface area contributed by atoms with Gasteiger partial charge in [0.15, 0.2) is 0 Å². The largest absolute Gasteiger partial charge is 0.390 e. The van der Waals surface area contributed by atoms with Crippen LogP contribution in [0.4, 0.5) is 4.39 Å². The third-order valence-corrected chi connectivity index (χ3v) is 1.65. The fourth-order valence-corrected chi connectivity index (χ4v) is 1.07. The second-order valence-electron chi connectivity index (χ2n) is 2.37. The fraction of sp³-hybridized carbons (Fsp3) is 1.00. The number of aliphatic hydroxyl groups is 1. The molecular formula is C6H11FO. The molecule has 2 atom stereocenters. The molecule has 1 fully saturated rings. The topological polar surface area (TPSA) is 20.2 Å². The first-order valence-electron chi connectivity index (χ1n) is 3.13.